The number of esters is 1. The van der Waals surface area contributed by atoms with Crippen molar-refractivity contribution >= 4 is 17.7 Å². The van der Waals surface area contributed by atoms with Gasteiger partial charge in [-0.25, -0.2) is 4.68 Å². The van der Waals surface area contributed by atoms with Crippen molar-refractivity contribution in [3.8, 4) is 11.4 Å². The Morgan fingerprint density at radius 3 is 2.37 bits per heavy atom. The number of amides is 1. The summed E-state index contributed by atoms with van der Waals surface area (Å²) in [7, 11) is 1.61. The van der Waals surface area contributed by atoms with Crippen LogP contribution in [0.2, 0.25) is 0 Å². The topological polar surface area (TPSA) is 82.5 Å². The molecule has 0 fully saturated rings. The lowest BCUT2D eigenvalue weighted by Crippen LogP contribution is -2.17. The minimum absolute atomic E-state index is 0.0441. The molecule has 1 heterocycles. The van der Waals surface area contributed by atoms with E-state index in [2.05, 4.69) is 31.2 Å². The van der Waals surface area contributed by atoms with E-state index < -0.39 is 0 Å². The minimum atomic E-state index is -0.383. The number of hydrogen-bond donors (Lipinski definition) is 1. The van der Waals surface area contributed by atoms with Crippen molar-refractivity contribution < 1.29 is 19.1 Å². The maximum absolute atomic E-state index is 12.3. The Balaban J connectivity index is 2.24. The van der Waals surface area contributed by atoms with E-state index in [-0.39, 0.29) is 30.1 Å². The molecule has 146 valence electrons. The van der Waals surface area contributed by atoms with Gasteiger partial charge in [-0.15, -0.1) is 0 Å². The van der Waals surface area contributed by atoms with Gasteiger partial charge in [-0.2, -0.15) is 5.10 Å². The lowest BCUT2D eigenvalue weighted by molar-refractivity contribution is -0.144. The van der Waals surface area contributed by atoms with Gasteiger partial charge >= 0.3 is 5.97 Å². The molecule has 0 radical (unpaired) electrons. The summed E-state index contributed by atoms with van der Waals surface area (Å²) >= 11 is 0. The first-order valence-corrected chi connectivity index (χ1v) is 8.95. The lowest BCUT2D eigenvalue weighted by atomic mass is 9.92. The predicted molar refractivity (Wildman–Crippen MR) is 103 cm³/mol. The highest BCUT2D eigenvalue weighted by atomic mass is 16.5. The predicted octanol–water partition coefficient (Wildman–Crippen LogP) is 3.46. The molecule has 0 aliphatic carbocycles. The highest BCUT2D eigenvalue weighted by molar-refractivity contribution is 5.92. The number of rotatable bonds is 7. The number of anilines is 1. The highest BCUT2D eigenvalue weighted by Crippen LogP contribution is 2.27. The molecule has 0 bridgehead atoms. The van der Waals surface area contributed by atoms with E-state index in [4.69, 9.17) is 9.47 Å². The zero-order chi connectivity index (χ0) is 20.0. The molecule has 1 amide bonds. The number of aromatic nitrogens is 2. The summed E-state index contributed by atoms with van der Waals surface area (Å²) in [4.78, 5) is 23.7. The monoisotopic (exact) mass is 373 g/mol. The molecule has 2 aromatic rings. The van der Waals surface area contributed by atoms with Crippen LogP contribution in [0, 0.1) is 0 Å². The quantitative estimate of drug-likeness (QED) is 0.752. The minimum Gasteiger partial charge on any atom is -0.497 e. The smallest absolute Gasteiger partial charge is 0.306 e. The maximum Gasteiger partial charge on any atom is 0.306 e. The van der Waals surface area contributed by atoms with Gasteiger partial charge in [-0.05, 0) is 31.2 Å². The fourth-order valence-corrected chi connectivity index (χ4v) is 2.41. The summed E-state index contributed by atoms with van der Waals surface area (Å²) in [6.45, 7) is 8.21. The number of ether oxygens (including phenoxy) is 2. The molecule has 2 rings (SSSR count). The van der Waals surface area contributed by atoms with E-state index in [1.807, 2.05) is 30.3 Å². The van der Waals surface area contributed by atoms with Crippen LogP contribution in [-0.4, -0.2) is 35.4 Å². The van der Waals surface area contributed by atoms with Gasteiger partial charge in [-0.1, -0.05) is 20.8 Å². The van der Waals surface area contributed by atoms with Crippen molar-refractivity contribution in [1.82, 2.24) is 9.78 Å². The second-order valence-electron chi connectivity index (χ2n) is 7.13. The lowest BCUT2D eigenvalue weighted by Gasteiger charge is -2.14. The second kappa shape index (κ2) is 8.70. The largest absolute Gasteiger partial charge is 0.497 e. The maximum atomic E-state index is 12.3. The number of nitrogens with one attached hydrogen (secondary N) is 1. The van der Waals surface area contributed by atoms with Gasteiger partial charge in [0.1, 0.15) is 11.6 Å². The number of carbonyl (C=O) groups excluding carboxylic acids is 2. The number of carbonyl (C=O) groups is 2. The van der Waals surface area contributed by atoms with Gasteiger partial charge in [0.15, 0.2) is 0 Å². The molecular weight excluding hydrogens is 346 g/mol. The van der Waals surface area contributed by atoms with Crippen LogP contribution in [0.15, 0.2) is 30.3 Å². The van der Waals surface area contributed by atoms with Gasteiger partial charge in [-0.3, -0.25) is 9.59 Å². The molecule has 0 atom stereocenters. The standard InChI is InChI=1S/C20H27N3O4/c1-6-27-19(25)12-11-18(24)21-17-13-16(20(2,3)4)22-23(17)14-7-9-15(26-5)10-8-14/h7-10,13H,6,11-12H2,1-5H3,(H,21,24). The number of nitrogens with zero attached hydrogens (tertiary/aromatic N) is 2. The molecule has 0 unspecified atom stereocenters. The van der Waals surface area contributed by atoms with Crippen LogP contribution in [0.5, 0.6) is 5.75 Å². The average molecular weight is 373 g/mol. The van der Waals surface area contributed by atoms with Gasteiger partial charge in [0.2, 0.25) is 5.91 Å². The molecule has 7 heteroatoms. The van der Waals surface area contributed by atoms with Crippen molar-refractivity contribution in [1.29, 1.82) is 0 Å². The summed E-state index contributed by atoms with van der Waals surface area (Å²) in [5, 5.41) is 7.50. The summed E-state index contributed by atoms with van der Waals surface area (Å²) in [6.07, 6.45) is 0.0972. The Hall–Kier alpha value is -2.83. The molecule has 0 aliphatic rings. The first-order valence-electron chi connectivity index (χ1n) is 8.95. The van der Waals surface area contributed by atoms with Gasteiger partial charge in [0.05, 0.1) is 31.5 Å². The van der Waals surface area contributed by atoms with Gasteiger partial charge in [0, 0.05) is 17.9 Å². The third kappa shape index (κ3) is 5.57. The fourth-order valence-electron chi connectivity index (χ4n) is 2.41. The normalized spacial score (nSPS) is 11.1. The van der Waals surface area contributed by atoms with Crippen LogP contribution in [0.1, 0.15) is 46.2 Å². The second-order valence-corrected chi connectivity index (χ2v) is 7.13. The third-order valence-electron chi connectivity index (χ3n) is 3.92. The zero-order valence-corrected chi connectivity index (χ0v) is 16.5. The molecule has 0 saturated heterocycles. The van der Waals surface area contributed by atoms with E-state index in [1.165, 1.54) is 0 Å². The third-order valence-corrected chi connectivity index (χ3v) is 3.92. The Labute approximate surface area is 159 Å². The van der Waals surface area contributed by atoms with Crippen molar-refractivity contribution in [2.24, 2.45) is 0 Å². The average Bonchev–Trinajstić information content (AvgIpc) is 3.04. The fraction of sp³-hybridized carbons (Fsp3) is 0.450. The van der Waals surface area contributed by atoms with Crippen LogP contribution in [0.3, 0.4) is 0 Å². The molecule has 0 aliphatic heterocycles. The first kappa shape index (κ1) is 20.5. The summed E-state index contributed by atoms with van der Waals surface area (Å²) in [5.74, 6) is 0.644. The van der Waals surface area contributed by atoms with E-state index >= 15 is 0 Å². The first-order chi connectivity index (χ1) is 12.7. The van der Waals surface area contributed by atoms with Crippen molar-refractivity contribution in [2.45, 2.75) is 46.0 Å². The SMILES string of the molecule is CCOC(=O)CCC(=O)Nc1cc(C(C)(C)C)nn1-c1ccc(OC)cc1. The number of hydrogen-bond acceptors (Lipinski definition) is 5. The van der Waals surface area contributed by atoms with E-state index in [1.54, 1.807) is 18.7 Å². The molecule has 0 spiro atoms. The van der Waals surface area contributed by atoms with E-state index in [9.17, 15) is 9.59 Å². The van der Waals surface area contributed by atoms with Crippen LogP contribution in [0.25, 0.3) is 5.69 Å². The van der Waals surface area contributed by atoms with Crippen molar-refractivity contribution in [3.63, 3.8) is 0 Å². The van der Waals surface area contributed by atoms with Crippen LogP contribution in [-0.2, 0) is 19.7 Å². The summed E-state index contributed by atoms with van der Waals surface area (Å²) in [6, 6.07) is 9.26. The van der Waals surface area contributed by atoms with Crippen LogP contribution < -0.4 is 10.1 Å². The molecule has 27 heavy (non-hydrogen) atoms. The van der Waals surface area contributed by atoms with Crippen molar-refractivity contribution in [3.05, 3.63) is 36.0 Å². The summed E-state index contributed by atoms with van der Waals surface area (Å²) < 4.78 is 11.7. The van der Waals surface area contributed by atoms with Crippen LogP contribution >= 0.6 is 0 Å². The zero-order valence-electron chi connectivity index (χ0n) is 16.5. The Bertz CT molecular complexity index is 789. The Morgan fingerprint density at radius 1 is 1.15 bits per heavy atom. The molecule has 0 saturated carbocycles. The molecule has 1 N–H and O–H groups in total. The highest BCUT2D eigenvalue weighted by Gasteiger charge is 2.21. The van der Waals surface area contributed by atoms with Crippen LogP contribution in [0.4, 0.5) is 5.82 Å². The van der Waals surface area contributed by atoms with E-state index in [0.29, 0.717) is 12.4 Å². The van der Waals surface area contributed by atoms with Gasteiger partial charge < -0.3 is 14.8 Å². The molecular formula is C20H27N3O4. The molecule has 1 aromatic carbocycles. The molecule has 7 nitrogen and oxygen atoms in total. The molecule has 1 aromatic heterocycles. The van der Waals surface area contributed by atoms with E-state index in [0.717, 1.165) is 17.1 Å². The Morgan fingerprint density at radius 2 is 1.81 bits per heavy atom. The number of benzene rings is 1. The summed E-state index contributed by atoms with van der Waals surface area (Å²) in [5.41, 5.74) is 1.47. The number of methoxy groups -OCH3 is 1. The Kier molecular flexibility index (Phi) is 6.60. The van der Waals surface area contributed by atoms with Gasteiger partial charge in [0.25, 0.3) is 0 Å². The van der Waals surface area contributed by atoms with Crippen molar-refractivity contribution in [2.75, 3.05) is 19.0 Å².